The maximum Gasteiger partial charge on any atom is 0.354 e. The van der Waals surface area contributed by atoms with Crippen molar-refractivity contribution in [3.05, 3.63) is 93.6 Å². The number of carbonyl (C=O) groups is 2. The molecule has 0 N–H and O–H groups in total. The maximum absolute atomic E-state index is 13.8. The van der Waals surface area contributed by atoms with Gasteiger partial charge in [0.2, 0.25) is 0 Å². The van der Waals surface area contributed by atoms with Gasteiger partial charge in [0.05, 0.1) is 25.9 Å². The third-order valence-electron chi connectivity index (χ3n) is 6.22. The van der Waals surface area contributed by atoms with Gasteiger partial charge in [-0.05, 0) is 61.4 Å². The van der Waals surface area contributed by atoms with Crippen LogP contribution in [-0.4, -0.2) is 30.2 Å². The minimum atomic E-state index is -0.755. The molecule has 0 saturated heterocycles. The number of nitrogens with zero attached hydrogens (tertiary/aromatic N) is 2. The predicted molar refractivity (Wildman–Crippen MR) is 130 cm³/mol. The number of hydrogen-bond donors (Lipinski definition) is 0. The Morgan fingerprint density at radius 1 is 1.09 bits per heavy atom. The first-order valence-corrected chi connectivity index (χ1v) is 11.3. The topological polar surface area (TPSA) is 91.0 Å². The van der Waals surface area contributed by atoms with Gasteiger partial charge in [0.15, 0.2) is 0 Å². The zero-order valence-electron chi connectivity index (χ0n) is 19.6. The molecule has 0 radical (unpaired) electrons. The lowest BCUT2D eigenvalue weighted by Gasteiger charge is -2.19. The minimum Gasteiger partial charge on any atom is -0.497 e. The number of benzene rings is 2. The third kappa shape index (κ3) is 3.86. The predicted octanol–water partition coefficient (Wildman–Crippen LogP) is 4.22. The zero-order valence-corrected chi connectivity index (χ0v) is 19.6. The molecule has 8 nitrogen and oxygen atoms in total. The molecule has 0 bridgehead atoms. The molecular formula is C27H24N2O6. The average molecular weight is 472 g/mol. The van der Waals surface area contributed by atoms with Crippen molar-refractivity contribution in [1.82, 2.24) is 4.57 Å². The lowest BCUT2D eigenvalue weighted by molar-refractivity contribution is -0.120. The number of anilines is 1. The number of esters is 1. The highest BCUT2D eigenvalue weighted by atomic mass is 16.5. The van der Waals surface area contributed by atoms with Crippen LogP contribution in [0.2, 0.25) is 0 Å². The summed E-state index contributed by atoms with van der Waals surface area (Å²) < 4.78 is 17.6. The Labute approximate surface area is 201 Å². The normalized spacial score (nSPS) is 14.9. The number of amides is 1. The second-order valence-corrected chi connectivity index (χ2v) is 8.35. The molecule has 35 heavy (non-hydrogen) atoms. The van der Waals surface area contributed by atoms with Gasteiger partial charge in [-0.2, -0.15) is 0 Å². The standard InChI is InChI=1S/C27H24N2O6/c1-4-34-27(32)22-6-5-11-28(22)25-20-14-18(33-3)8-10-21(20)29(26(25)31)15-17-7-9-19-16(2)12-24(30)35-23(19)13-17/h5-14,25H,4,15H2,1-3H3. The van der Waals surface area contributed by atoms with Gasteiger partial charge in [-0.25, -0.2) is 9.59 Å². The van der Waals surface area contributed by atoms with E-state index in [4.69, 9.17) is 13.9 Å². The molecule has 1 aliphatic rings. The largest absolute Gasteiger partial charge is 0.497 e. The van der Waals surface area contributed by atoms with Crippen LogP contribution in [0.15, 0.2) is 70.0 Å². The van der Waals surface area contributed by atoms with Gasteiger partial charge in [0.25, 0.3) is 5.91 Å². The van der Waals surface area contributed by atoms with E-state index in [0.717, 1.165) is 27.8 Å². The second-order valence-electron chi connectivity index (χ2n) is 8.35. The molecule has 1 amide bonds. The smallest absolute Gasteiger partial charge is 0.354 e. The molecule has 2 aromatic carbocycles. The van der Waals surface area contributed by atoms with Crippen LogP contribution < -0.4 is 15.3 Å². The first-order chi connectivity index (χ1) is 16.9. The van der Waals surface area contributed by atoms with Crippen molar-refractivity contribution >= 4 is 28.5 Å². The summed E-state index contributed by atoms with van der Waals surface area (Å²) in [6, 6.07) is 15.1. The van der Waals surface area contributed by atoms with E-state index >= 15 is 0 Å². The first-order valence-electron chi connectivity index (χ1n) is 11.3. The van der Waals surface area contributed by atoms with Gasteiger partial charge in [0.1, 0.15) is 23.1 Å². The third-order valence-corrected chi connectivity index (χ3v) is 6.22. The Morgan fingerprint density at radius 2 is 1.91 bits per heavy atom. The van der Waals surface area contributed by atoms with E-state index in [1.807, 2.05) is 31.2 Å². The Hall–Kier alpha value is -4.33. The van der Waals surface area contributed by atoms with Gasteiger partial charge in [-0.1, -0.05) is 12.1 Å². The number of aryl methyl sites for hydroxylation is 1. The summed E-state index contributed by atoms with van der Waals surface area (Å²) in [5, 5.41) is 0.843. The van der Waals surface area contributed by atoms with Gasteiger partial charge < -0.3 is 23.4 Å². The van der Waals surface area contributed by atoms with E-state index in [1.165, 1.54) is 6.07 Å². The lowest BCUT2D eigenvalue weighted by atomic mass is 10.1. The van der Waals surface area contributed by atoms with Crippen molar-refractivity contribution in [3.63, 3.8) is 0 Å². The summed E-state index contributed by atoms with van der Waals surface area (Å²) in [5.74, 6) is -0.0786. The molecule has 1 aliphatic heterocycles. The molecule has 0 saturated carbocycles. The Balaban J connectivity index is 1.57. The van der Waals surface area contributed by atoms with E-state index in [2.05, 4.69) is 0 Å². The molecule has 2 aromatic heterocycles. The van der Waals surface area contributed by atoms with Crippen LogP contribution >= 0.6 is 0 Å². The number of fused-ring (bicyclic) bond motifs is 2. The van der Waals surface area contributed by atoms with E-state index in [9.17, 15) is 14.4 Å². The summed E-state index contributed by atoms with van der Waals surface area (Å²) in [5.41, 5.74) is 3.43. The minimum absolute atomic E-state index is 0.194. The number of methoxy groups -OCH3 is 1. The molecule has 0 spiro atoms. The molecule has 0 aliphatic carbocycles. The molecule has 3 heterocycles. The fraction of sp³-hybridized carbons (Fsp3) is 0.222. The summed E-state index contributed by atoms with van der Waals surface area (Å²) >= 11 is 0. The Kier molecular flexibility index (Phi) is 5.64. The second kappa shape index (κ2) is 8.79. The Bertz CT molecular complexity index is 1520. The number of ether oxygens (including phenoxy) is 2. The van der Waals surface area contributed by atoms with E-state index in [0.29, 0.717) is 17.0 Å². The van der Waals surface area contributed by atoms with Crippen molar-refractivity contribution in [2.75, 3.05) is 18.6 Å². The van der Waals surface area contributed by atoms with Crippen molar-refractivity contribution in [3.8, 4) is 5.75 Å². The molecular weight excluding hydrogens is 448 g/mol. The maximum atomic E-state index is 13.8. The lowest BCUT2D eigenvalue weighted by Crippen LogP contribution is -2.31. The zero-order chi connectivity index (χ0) is 24.7. The molecule has 4 aromatic rings. The summed E-state index contributed by atoms with van der Waals surface area (Å²) in [7, 11) is 1.57. The highest BCUT2D eigenvalue weighted by molar-refractivity contribution is 6.05. The number of hydrogen-bond acceptors (Lipinski definition) is 6. The number of aromatic nitrogens is 1. The van der Waals surface area contributed by atoms with Gasteiger partial charge >= 0.3 is 11.6 Å². The van der Waals surface area contributed by atoms with Crippen molar-refractivity contribution < 1.29 is 23.5 Å². The van der Waals surface area contributed by atoms with E-state index < -0.39 is 17.6 Å². The highest BCUT2D eigenvalue weighted by Gasteiger charge is 2.40. The van der Waals surface area contributed by atoms with Crippen LogP contribution in [0.5, 0.6) is 5.75 Å². The highest BCUT2D eigenvalue weighted by Crippen LogP contribution is 2.42. The molecule has 1 unspecified atom stereocenters. The van der Waals surface area contributed by atoms with Gasteiger partial charge in [0, 0.05) is 23.2 Å². The average Bonchev–Trinajstić information content (AvgIpc) is 3.41. The quantitative estimate of drug-likeness (QED) is 0.308. The molecule has 5 rings (SSSR count). The summed E-state index contributed by atoms with van der Waals surface area (Å²) in [6.45, 7) is 4.09. The fourth-order valence-electron chi connectivity index (χ4n) is 4.60. The molecule has 1 atom stereocenters. The molecule has 8 heteroatoms. The van der Waals surface area contributed by atoms with Gasteiger partial charge in [-0.3, -0.25) is 4.79 Å². The van der Waals surface area contributed by atoms with E-state index in [-0.39, 0.29) is 19.1 Å². The van der Waals surface area contributed by atoms with Crippen LogP contribution in [0.1, 0.15) is 40.1 Å². The van der Waals surface area contributed by atoms with Gasteiger partial charge in [-0.15, -0.1) is 0 Å². The van der Waals surface area contributed by atoms with Crippen LogP contribution in [0.3, 0.4) is 0 Å². The molecule has 0 fully saturated rings. The van der Waals surface area contributed by atoms with Crippen LogP contribution in [0.4, 0.5) is 5.69 Å². The SMILES string of the molecule is CCOC(=O)c1cccn1C1C(=O)N(Cc2ccc3c(C)cc(=O)oc3c2)c2ccc(OC)cc21. The Morgan fingerprint density at radius 3 is 2.69 bits per heavy atom. The first kappa shape index (κ1) is 22.5. The fourth-order valence-corrected chi connectivity index (χ4v) is 4.60. The van der Waals surface area contributed by atoms with Crippen LogP contribution in [0, 0.1) is 6.92 Å². The molecule has 178 valence electrons. The monoisotopic (exact) mass is 472 g/mol. The number of rotatable bonds is 6. The summed E-state index contributed by atoms with van der Waals surface area (Å²) in [4.78, 5) is 39.9. The van der Waals surface area contributed by atoms with Crippen molar-refractivity contribution in [1.29, 1.82) is 0 Å². The van der Waals surface area contributed by atoms with E-state index in [1.54, 1.807) is 54.0 Å². The van der Waals surface area contributed by atoms with Crippen LogP contribution in [-0.2, 0) is 16.1 Å². The van der Waals surface area contributed by atoms with Crippen molar-refractivity contribution in [2.45, 2.75) is 26.4 Å². The number of carbonyl (C=O) groups excluding carboxylic acids is 2. The van der Waals surface area contributed by atoms with Crippen molar-refractivity contribution in [2.24, 2.45) is 0 Å². The van der Waals surface area contributed by atoms with Crippen LogP contribution in [0.25, 0.3) is 11.0 Å². The summed E-state index contributed by atoms with van der Waals surface area (Å²) in [6.07, 6.45) is 1.70.